The molecule has 0 bridgehead atoms. The van der Waals surface area contributed by atoms with Crippen LogP contribution in [0.1, 0.15) is 17.4 Å². The molecule has 2 rings (SSSR count). The van der Waals surface area contributed by atoms with Gasteiger partial charge in [0.2, 0.25) is 0 Å². The van der Waals surface area contributed by atoms with Crippen molar-refractivity contribution in [2.75, 3.05) is 0 Å². The maximum absolute atomic E-state index is 13.6. The molecule has 0 spiro atoms. The molecule has 1 unspecified atom stereocenters. The predicted octanol–water partition coefficient (Wildman–Crippen LogP) is 3.36. The number of aliphatic hydroxyl groups excluding tert-OH is 1. The van der Waals surface area contributed by atoms with Gasteiger partial charge in [0, 0.05) is 18.5 Å². The van der Waals surface area contributed by atoms with Gasteiger partial charge in [-0.25, -0.2) is 8.78 Å². The number of hydrogen-bond acceptors (Lipinski definition) is 1. The second kappa shape index (κ2) is 4.19. The molecule has 1 heterocycles. The number of hydrogen-bond donors (Lipinski definition) is 1. The lowest BCUT2D eigenvalue weighted by Gasteiger charge is -2.16. The summed E-state index contributed by atoms with van der Waals surface area (Å²) in [6.45, 7) is 1.28. The van der Waals surface area contributed by atoms with Gasteiger partial charge in [0.1, 0.15) is 11.6 Å². The van der Waals surface area contributed by atoms with Gasteiger partial charge in [-0.3, -0.25) is 0 Å². The summed E-state index contributed by atoms with van der Waals surface area (Å²) in [6, 6.07) is 1.53. The van der Waals surface area contributed by atoms with E-state index in [2.05, 4.69) is 0 Å². The van der Waals surface area contributed by atoms with Crippen LogP contribution in [0.2, 0.25) is 0 Å². The molecule has 0 aliphatic heterocycles. The Balaban J connectivity index is 2.81. The highest BCUT2D eigenvalue weighted by atomic mass is 19.4. The zero-order valence-corrected chi connectivity index (χ0v) is 10.0. The highest BCUT2D eigenvalue weighted by molar-refractivity contribution is 5.86. The number of halogens is 5. The SMILES string of the molecule is Cc1c(C(O)C(F)(F)F)n(C)c2c(F)cc(F)cc12. The van der Waals surface area contributed by atoms with Crippen molar-refractivity contribution in [2.24, 2.45) is 7.05 Å². The third-order valence-corrected chi connectivity index (χ3v) is 3.08. The van der Waals surface area contributed by atoms with Crippen LogP contribution in [0, 0.1) is 18.6 Å². The molecule has 0 aliphatic carbocycles. The molecular formula is C12H10F5NO. The fourth-order valence-electron chi connectivity index (χ4n) is 2.25. The van der Waals surface area contributed by atoms with E-state index in [9.17, 15) is 27.1 Å². The Bertz CT molecular complexity index is 644. The molecule has 0 saturated heterocycles. The Morgan fingerprint density at radius 1 is 1.21 bits per heavy atom. The van der Waals surface area contributed by atoms with Gasteiger partial charge in [-0.1, -0.05) is 0 Å². The molecule has 0 aliphatic rings. The Morgan fingerprint density at radius 3 is 2.32 bits per heavy atom. The molecule has 0 saturated carbocycles. The van der Waals surface area contributed by atoms with Crippen molar-refractivity contribution in [2.45, 2.75) is 19.2 Å². The maximum Gasteiger partial charge on any atom is 0.420 e. The molecule has 104 valence electrons. The highest BCUT2D eigenvalue weighted by Gasteiger charge is 2.42. The molecular weight excluding hydrogens is 269 g/mol. The molecule has 1 aromatic heterocycles. The van der Waals surface area contributed by atoms with Crippen LogP contribution in [0.25, 0.3) is 10.9 Å². The second-order valence-corrected chi connectivity index (χ2v) is 4.30. The molecule has 7 heteroatoms. The minimum absolute atomic E-state index is 0.000671. The third-order valence-electron chi connectivity index (χ3n) is 3.08. The first-order valence-corrected chi connectivity index (χ1v) is 5.33. The Kier molecular flexibility index (Phi) is 3.04. The summed E-state index contributed by atoms with van der Waals surface area (Å²) in [7, 11) is 1.20. The van der Waals surface area contributed by atoms with Crippen LogP contribution in [-0.4, -0.2) is 15.8 Å². The van der Waals surface area contributed by atoms with Crippen molar-refractivity contribution in [3.8, 4) is 0 Å². The van der Waals surface area contributed by atoms with Crippen LogP contribution >= 0.6 is 0 Å². The van der Waals surface area contributed by atoms with E-state index < -0.39 is 29.6 Å². The van der Waals surface area contributed by atoms with Gasteiger partial charge in [0.15, 0.2) is 6.10 Å². The van der Waals surface area contributed by atoms with Gasteiger partial charge in [-0.2, -0.15) is 13.2 Å². The Morgan fingerprint density at radius 2 is 1.79 bits per heavy atom. The summed E-state index contributed by atoms with van der Waals surface area (Å²) in [5.74, 6) is -1.85. The molecule has 0 amide bonds. The predicted molar refractivity (Wildman–Crippen MR) is 58.6 cm³/mol. The molecule has 1 N–H and O–H groups in total. The summed E-state index contributed by atoms with van der Waals surface area (Å²) in [6.07, 6.45) is -7.62. The molecule has 2 aromatic rings. The summed E-state index contributed by atoms with van der Waals surface area (Å²) in [5.41, 5.74) is -0.662. The fraction of sp³-hybridized carbons (Fsp3) is 0.333. The van der Waals surface area contributed by atoms with Crippen molar-refractivity contribution in [1.29, 1.82) is 0 Å². The molecule has 0 fully saturated rings. The summed E-state index contributed by atoms with van der Waals surface area (Å²) in [4.78, 5) is 0. The van der Waals surface area contributed by atoms with Crippen molar-refractivity contribution < 1.29 is 27.1 Å². The number of fused-ring (bicyclic) bond motifs is 1. The maximum atomic E-state index is 13.6. The van der Waals surface area contributed by atoms with Gasteiger partial charge >= 0.3 is 6.18 Å². The third kappa shape index (κ3) is 2.07. The largest absolute Gasteiger partial charge is 0.420 e. The normalized spacial score (nSPS) is 14.1. The number of aryl methyl sites for hydroxylation is 2. The lowest BCUT2D eigenvalue weighted by Crippen LogP contribution is -2.23. The average Bonchev–Trinajstić information content (AvgIpc) is 2.49. The monoisotopic (exact) mass is 279 g/mol. The van der Waals surface area contributed by atoms with E-state index in [1.165, 1.54) is 14.0 Å². The topological polar surface area (TPSA) is 25.2 Å². The first-order valence-electron chi connectivity index (χ1n) is 5.33. The lowest BCUT2D eigenvalue weighted by atomic mass is 10.1. The molecule has 2 nitrogen and oxygen atoms in total. The average molecular weight is 279 g/mol. The van der Waals surface area contributed by atoms with E-state index in [-0.39, 0.29) is 16.5 Å². The quantitative estimate of drug-likeness (QED) is 0.796. The van der Waals surface area contributed by atoms with Crippen LogP contribution in [-0.2, 0) is 7.05 Å². The molecule has 19 heavy (non-hydrogen) atoms. The number of alkyl halides is 3. The standard InChI is InChI=1S/C12H10F5NO/c1-5-7-3-6(13)4-8(14)10(7)18(2)9(5)11(19)12(15,16)17/h3-4,11,19H,1-2H3. The van der Waals surface area contributed by atoms with E-state index >= 15 is 0 Å². The van der Waals surface area contributed by atoms with Crippen LogP contribution in [0.4, 0.5) is 22.0 Å². The smallest absolute Gasteiger partial charge is 0.378 e. The van der Waals surface area contributed by atoms with Crippen LogP contribution in [0.15, 0.2) is 12.1 Å². The summed E-state index contributed by atoms with van der Waals surface area (Å²) < 4.78 is 65.4. The lowest BCUT2D eigenvalue weighted by molar-refractivity contribution is -0.208. The number of rotatable bonds is 1. The van der Waals surface area contributed by atoms with Gasteiger partial charge < -0.3 is 9.67 Å². The zero-order chi connectivity index (χ0) is 14.5. The number of aromatic nitrogens is 1. The fourth-order valence-corrected chi connectivity index (χ4v) is 2.25. The first-order chi connectivity index (χ1) is 8.64. The first kappa shape index (κ1) is 13.8. The van der Waals surface area contributed by atoms with Crippen molar-refractivity contribution in [3.63, 3.8) is 0 Å². The number of nitrogens with zero attached hydrogens (tertiary/aromatic N) is 1. The second-order valence-electron chi connectivity index (χ2n) is 4.30. The van der Waals surface area contributed by atoms with Gasteiger partial charge in [0.05, 0.1) is 11.2 Å². The van der Waals surface area contributed by atoms with E-state index in [0.29, 0.717) is 6.07 Å². The minimum atomic E-state index is -4.87. The summed E-state index contributed by atoms with van der Waals surface area (Å²) in [5, 5.41) is 9.33. The molecule has 1 aromatic carbocycles. The van der Waals surface area contributed by atoms with Gasteiger partial charge in [-0.15, -0.1) is 0 Å². The van der Waals surface area contributed by atoms with Crippen molar-refractivity contribution >= 4 is 10.9 Å². The number of aliphatic hydroxyl groups is 1. The van der Waals surface area contributed by atoms with E-state index in [4.69, 9.17) is 0 Å². The molecule has 1 atom stereocenters. The van der Waals surface area contributed by atoms with E-state index in [0.717, 1.165) is 10.6 Å². The van der Waals surface area contributed by atoms with Gasteiger partial charge in [-0.05, 0) is 18.6 Å². The Hall–Kier alpha value is -1.63. The van der Waals surface area contributed by atoms with Gasteiger partial charge in [0.25, 0.3) is 0 Å². The molecule has 0 radical (unpaired) electrons. The minimum Gasteiger partial charge on any atom is -0.378 e. The van der Waals surface area contributed by atoms with E-state index in [1.807, 2.05) is 0 Å². The van der Waals surface area contributed by atoms with E-state index in [1.54, 1.807) is 0 Å². The summed E-state index contributed by atoms with van der Waals surface area (Å²) >= 11 is 0. The van der Waals surface area contributed by atoms with Crippen molar-refractivity contribution in [1.82, 2.24) is 4.57 Å². The highest BCUT2D eigenvalue weighted by Crippen LogP contribution is 2.38. The zero-order valence-electron chi connectivity index (χ0n) is 10.0. The van der Waals surface area contributed by atoms with Crippen molar-refractivity contribution in [3.05, 3.63) is 35.0 Å². The van der Waals surface area contributed by atoms with Crippen LogP contribution in [0.3, 0.4) is 0 Å². The van der Waals surface area contributed by atoms with Crippen LogP contribution < -0.4 is 0 Å². The van der Waals surface area contributed by atoms with Crippen LogP contribution in [0.5, 0.6) is 0 Å². The Labute approximate surface area is 105 Å². The number of benzene rings is 1.